The van der Waals surface area contributed by atoms with Crippen molar-refractivity contribution in [3.8, 4) is 5.69 Å². The minimum atomic E-state index is -4.08. The number of furan rings is 1. The minimum absolute atomic E-state index is 0.182. The van der Waals surface area contributed by atoms with Crippen molar-refractivity contribution in [1.82, 2.24) is 8.54 Å². The third kappa shape index (κ3) is 3.55. The Hall–Kier alpha value is -4.92. The summed E-state index contributed by atoms with van der Waals surface area (Å²) in [5.41, 5.74) is 5.09. The van der Waals surface area contributed by atoms with Crippen molar-refractivity contribution < 1.29 is 17.2 Å². The van der Waals surface area contributed by atoms with Crippen LogP contribution in [0.4, 0.5) is 4.39 Å². The minimum Gasteiger partial charge on any atom is -0.456 e. The molecule has 0 radical (unpaired) electrons. The molecule has 45 heavy (non-hydrogen) atoms. The monoisotopic (exact) mass is 672 g/mol. The molecule has 218 valence electrons. The van der Waals surface area contributed by atoms with Crippen LogP contribution in [-0.4, -0.2) is 17.0 Å². The molecule has 9 rings (SSSR count). The molecular formula is C37H22BrFN2O3S. The molecule has 3 heterocycles. The molecule has 0 aliphatic rings. The summed E-state index contributed by atoms with van der Waals surface area (Å²) in [7, 11) is -4.08. The van der Waals surface area contributed by atoms with Crippen LogP contribution in [0.5, 0.6) is 0 Å². The molecule has 0 aliphatic heterocycles. The molecule has 0 bridgehead atoms. The van der Waals surface area contributed by atoms with Crippen LogP contribution in [0.15, 0.2) is 129 Å². The van der Waals surface area contributed by atoms with E-state index < -0.39 is 10.0 Å². The fourth-order valence-electron chi connectivity index (χ4n) is 6.83. The van der Waals surface area contributed by atoms with Crippen LogP contribution in [0.3, 0.4) is 0 Å². The van der Waals surface area contributed by atoms with Crippen molar-refractivity contribution in [1.29, 1.82) is 0 Å². The molecule has 0 N–H and O–H groups in total. The second-order valence-corrected chi connectivity index (χ2v) is 13.9. The maximum atomic E-state index is 15.8. The largest absolute Gasteiger partial charge is 0.456 e. The first kappa shape index (κ1) is 26.5. The summed E-state index contributed by atoms with van der Waals surface area (Å²) in [4.78, 5) is 0.182. The smallest absolute Gasteiger partial charge is 0.268 e. The van der Waals surface area contributed by atoms with Crippen molar-refractivity contribution in [3.63, 3.8) is 0 Å². The van der Waals surface area contributed by atoms with E-state index in [-0.39, 0.29) is 10.7 Å². The Bertz CT molecular complexity index is 2810. The highest BCUT2D eigenvalue weighted by Crippen LogP contribution is 2.45. The number of hydrogen-bond acceptors (Lipinski definition) is 3. The quantitative estimate of drug-likeness (QED) is 0.188. The maximum absolute atomic E-state index is 15.8. The van der Waals surface area contributed by atoms with Gasteiger partial charge in [-0.1, -0.05) is 76.1 Å². The predicted molar refractivity (Wildman–Crippen MR) is 182 cm³/mol. The van der Waals surface area contributed by atoms with E-state index in [4.69, 9.17) is 4.42 Å². The van der Waals surface area contributed by atoms with Crippen molar-refractivity contribution in [2.75, 3.05) is 0 Å². The fraction of sp³-hybridized carbons (Fsp3) is 0.0270. The topological polar surface area (TPSA) is 57.1 Å². The molecule has 0 spiro atoms. The average molecular weight is 674 g/mol. The summed E-state index contributed by atoms with van der Waals surface area (Å²) in [6.45, 7) is 1.92. The Morgan fingerprint density at radius 3 is 2.20 bits per heavy atom. The van der Waals surface area contributed by atoms with E-state index >= 15 is 4.39 Å². The SMILES string of the molecule is Cc1ccc(S(=O)(=O)n2c3cccc(Br)c3c3ccc4oc5cccc(-n6c7ccccc7c7cccc(F)c76)c5c4c32)cc1. The van der Waals surface area contributed by atoms with E-state index in [2.05, 4.69) is 15.9 Å². The van der Waals surface area contributed by atoms with Gasteiger partial charge >= 0.3 is 0 Å². The zero-order chi connectivity index (χ0) is 30.6. The van der Waals surface area contributed by atoms with Gasteiger partial charge < -0.3 is 8.98 Å². The van der Waals surface area contributed by atoms with Gasteiger partial charge in [-0.05, 0) is 67.6 Å². The number of aryl methyl sites for hydroxylation is 1. The number of benzene rings is 6. The van der Waals surface area contributed by atoms with Crippen molar-refractivity contribution >= 4 is 91.5 Å². The number of aromatic nitrogens is 2. The van der Waals surface area contributed by atoms with Crippen LogP contribution < -0.4 is 0 Å². The van der Waals surface area contributed by atoms with E-state index in [1.807, 2.05) is 90.4 Å². The van der Waals surface area contributed by atoms with Gasteiger partial charge in [0.15, 0.2) is 0 Å². The summed E-state index contributed by atoms with van der Waals surface area (Å²) >= 11 is 3.70. The average Bonchev–Trinajstić information content (AvgIpc) is 3.70. The summed E-state index contributed by atoms with van der Waals surface area (Å²) in [6, 6.07) is 34.9. The number of fused-ring (bicyclic) bond motifs is 10. The number of para-hydroxylation sites is 2. The lowest BCUT2D eigenvalue weighted by Gasteiger charge is -2.12. The second kappa shape index (κ2) is 9.30. The highest BCUT2D eigenvalue weighted by atomic mass is 79.9. The highest BCUT2D eigenvalue weighted by Gasteiger charge is 2.28. The molecule has 0 aliphatic carbocycles. The molecule has 3 aromatic heterocycles. The molecule has 0 unspecified atom stereocenters. The Labute approximate surface area is 264 Å². The first-order valence-electron chi connectivity index (χ1n) is 14.4. The first-order valence-corrected chi connectivity index (χ1v) is 16.6. The van der Waals surface area contributed by atoms with Gasteiger partial charge in [0.1, 0.15) is 17.0 Å². The van der Waals surface area contributed by atoms with Crippen molar-refractivity contribution in [3.05, 3.63) is 131 Å². The van der Waals surface area contributed by atoms with Crippen LogP contribution in [0.2, 0.25) is 0 Å². The van der Waals surface area contributed by atoms with Crippen LogP contribution in [0.1, 0.15) is 5.56 Å². The Kier molecular flexibility index (Phi) is 5.47. The van der Waals surface area contributed by atoms with Gasteiger partial charge in [0, 0.05) is 26.0 Å². The van der Waals surface area contributed by atoms with Crippen molar-refractivity contribution in [2.45, 2.75) is 11.8 Å². The number of hydrogen-bond donors (Lipinski definition) is 0. The molecule has 6 aromatic carbocycles. The molecule has 0 fully saturated rings. The third-order valence-electron chi connectivity index (χ3n) is 8.74. The molecule has 0 atom stereocenters. The maximum Gasteiger partial charge on any atom is 0.268 e. The lowest BCUT2D eigenvalue weighted by atomic mass is 10.1. The number of halogens is 2. The fourth-order valence-corrected chi connectivity index (χ4v) is 8.94. The van der Waals surface area contributed by atoms with Gasteiger partial charge in [-0.15, -0.1) is 0 Å². The Morgan fingerprint density at radius 2 is 1.36 bits per heavy atom. The molecule has 9 aromatic rings. The lowest BCUT2D eigenvalue weighted by molar-refractivity contribution is 0.590. The Balaban J connectivity index is 1.53. The van der Waals surface area contributed by atoms with Crippen LogP contribution in [-0.2, 0) is 10.0 Å². The van der Waals surface area contributed by atoms with Crippen molar-refractivity contribution in [2.24, 2.45) is 0 Å². The van der Waals surface area contributed by atoms with Gasteiger partial charge in [-0.3, -0.25) is 0 Å². The zero-order valence-electron chi connectivity index (χ0n) is 23.8. The van der Waals surface area contributed by atoms with Crippen LogP contribution in [0, 0.1) is 12.7 Å². The van der Waals surface area contributed by atoms with Crippen LogP contribution >= 0.6 is 15.9 Å². The van der Waals surface area contributed by atoms with E-state index in [0.29, 0.717) is 44.2 Å². The summed E-state index contributed by atoms with van der Waals surface area (Å²) in [5, 5.41) is 4.58. The van der Waals surface area contributed by atoms with Gasteiger partial charge in [0.05, 0.1) is 43.4 Å². The van der Waals surface area contributed by atoms with Gasteiger partial charge in [0.2, 0.25) is 0 Å². The standard InChI is InChI=1S/C37H22BrFN2O3S/c1-21-15-17-22(18-16-21)45(42,43)41-30-13-5-9-26(38)33(30)25-19-20-32-35(37(25)41)34-29(12-6-14-31(34)44-32)40-28-11-3-2-7-23(28)24-8-4-10-27(39)36(24)40/h2-20H,1H3. The lowest BCUT2D eigenvalue weighted by Crippen LogP contribution is -2.13. The third-order valence-corrected chi connectivity index (χ3v) is 11.1. The molecule has 0 saturated carbocycles. The zero-order valence-corrected chi connectivity index (χ0v) is 26.2. The number of rotatable bonds is 3. The summed E-state index contributed by atoms with van der Waals surface area (Å²) < 4.78 is 55.6. The van der Waals surface area contributed by atoms with Gasteiger partial charge in [-0.25, -0.2) is 16.8 Å². The van der Waals surface area contributed by atoms with E-state index in [1.54, 1.807) is 30.3 Å². The summed E-state index contributed by atoms with van der Waals surface area (Å²) in [5.74, 6) is -0.348. The molecule has 5 nitrogen and oxygen atoms in total. The van der Waals surface area contributed by atoms with Gasteiger partial charge in [0.25, 0.3) is 10.0 Å². The summed E-state index contributed by atoms with van der Waals surface area (Å²) in [6.07, 6.45) is 0. The Morgan fingerprint density at radius 1 is 0.644 bits per heavy atom. The number of nitrogens with zero attached hydrogens (tertiary/aromatic N) is 2. The molecule has 0 saturated heterocycles. The second-order valence-electron chi connectivity index (χ2n) is 11.3. The molecule has 0 amide bonds. The predicted octanol–water partition coefficient (Wildman–Crippen LogP) is 10.2. The van der Waals surface area contributed by atoms with Crippen LogP contribution in [0.25, 0.3) is 71.2 Å². The highest BCUT2D eigenvalue weighted by molar-refractivity contribution is 9.10. The van der Waals surface area contributed by atoms with Gasteiger partial charge in [-0.2, -0.15) is 0 Å². The molecular weight excluding hydrogens is 651 g/mol. The van der Waals surface area contributed by atoms with E-state index in [1.165, 1.54) is 10.0 Å². The first-order chi connectivity index (χ1) is 21.8. The molecule has 8 heteroatoms. The van der Waals surface area contributed by atoms with E-state index in [0.717, 1.165) is 37.1 Å². The normalized spacial score (nSPS) is 12.5. The van der Waals surface area contributed by atoms with E-state index in [9.17, 15) is 8.42 Å².